The number of ether oxygens (including phenoxy) is 1. The molecular weight excluding hydrogens is 242 g/mol. The van der Waals surface area contributed by atoms with Crippen LogP contribution in [0.15, 0.2) is 23.0 Å². The lowest BCUT2D eigenvalue weighted by molar-refractivity contribution is 0.415. The fourth-order valence-corrected chi connectivity index (χ4v) is 1.90. The number of methoxy groups -OCH3 is 1. The molecule has 0 bridgehead atoms. The largest absolute Gasteiger partial charge is 0.497 e. The molecule has 90 valence electrons. The van der Waals surface area contributed by atoms with Gasteiger partial charge in [-0.1, -0.05) is 11.6 Å². The number of nitrogens with one attached hydrogen (secondary N) is 2. The molecule has 0 aliphatic carbocycles. The molecule has 0 fully saturated rings. The van der Waals surface area contributed by atoms with Crippen LogP contribution in [0.4, 0.5) is 0 Å². The Bertz CT molecular complexity index is 589. The van der Waals surface area contributed by atoms with Crippen LogP contribution in [0.1, 0.15) is 5.56 Å². The second-order valence-corrected chi connectivity index (χ2v) is 3.89. The van der Waals surface area contributed by atoms with Crippen molar-refractivity contribution in [2.45, 2.75) is 6.54 Å². The predicted molar refractivity (Wildman–Crippen MR) is 66.3 cm³/mol. The lowest BCUT2D eigenvalue weighted by Crippen LogP contribution is -2.10. The highest BCUT2D eigenvalue weighted by Crippen LogP contribution is 2.30. The fourth-order valence-electron chi connectivity index (χ4n) is 1.63. The Hall–Kier alpha value is -1.72. The van der Waals surface area contributed by atoms with Crippen molar-refractivity contribution >= 4 is 11.6 Å². The molecule has 0 aliphatic heterocycles. The Morgan fingerprint density at radius 3 is 2.76 bits per heavy atom. The van der Waals surface area contributed by atoms with Gasteiger partial charge in [0.25, 0.3) is 5.56 Å². The highest BCUT2D eigenvalue weighted by atomic mass is 35.5. The van der Waals surface area contributed by atoms with E-state index in [1.54, 1.807) is 25.3 Å². The van der Waals surface area contributed by atoms with E-state index in [2.05, 4.69) is 10.2 Å². The zero-order chi connectivity index (χ0) is 12.4. The maximum atomic E-state index is 11.4. The number of aromatic amines is 2. The van der Waals surface area contributed by atoms with Crippen LogP contribution in [0.3, 0.4) is 0 Å². The summed E-state index contributed by atoms with van der Waals surface area (Å²) >= 11 is 6.12. The SMILES string of the molecule is COc1ccc(-c2[nH][nH]c(=O)c2CN)c(Cl)c1. The predicted octanol–water partition coefficient (Wildman–Crippen LogP) is 1.49. The summed E-state index contributed by atoms with van der Waals surface area (Å²) in [6.07, 6.45) is 0. The van der Waals surface area contributed by atoms with Crippen LogP contribution in [-0.2, 0) is 6.54 Å². The number of benzene rings is 1. The molecule has 0 saturated heterocycles. The van der Waals surface area contributed by atoms with Gasteiger partial charge >= 0.3 is 0 Å². The molecule has 1 aromatic carbocycles. The van der Waals surface area contributed by atoms with Gasteiger partial charge in [0.15, 0.2) is 0 Å². The van der Waals surface area contributed by atoms with E-state index in [4.69, 9.17) is 22.1 Å². The first kappa shape index (κ1) is 11.8. The van der Waals surface area contributed by atoms with Gasteiger partial charge in [0.1, 0.15) is 5.75 Å². The van der Waals surface area contributed by atoms with E-state index < -0.39 is 0 Å². The third-order valence-corrected chi connectivity index (χ3v) is 2.84. The van der Waals surface area contributed by atoms with Crippen molar-refractivity contribution in [1.29, 1.82) is 0 Å². The molecule has 1 heterocycles. The van der Waals surface area contributed by atoms with E-state index in [-0.39, 0.29) is 12.1 Å². The standard InChI is InChI=1S/C11H12ClN3O2/c1-17-6-2-3-7(9(12)4-6)10-8(5-13)11(16)15-14-10/h2-4H,5,13H2,1H3,(H2,14,15,16). The molecule has 0 unspecified atom stereocenters. The molecule has 2 rings (SSSR count). The van der Waals surface area contributed by atoms with Crippen molar-refractivity contribution < 1.29 is 4.74 Å². The summed E-state index contributed by atoms with van der Waals surface area (Å²) in [6.45, 7) is 0.149. The molecule has 0 atom stereocenters. The van der Waals surface area contributed by atoms with Crippen molar-refractivity contribution in [3.05, 3.63) is 39.1 Å². The van der Waals surface area contributed by atoms with Crippen molar-refractivity contribution in [1.82, 2.24) is 10.2 Å². The Labute approximate surface area is 103 Å². The van der Waals surface area contributed by atoms with Crippen LogP contribution < -0.4 is 16.0 Å². The summed E-state index contributed by atoms with van der Waals surface area (Å²) in [4.78, 5) is 11.4. The highest BCUT2D eigenvalue weighted by molar-refractivity contribution is 6.33. The molecular formula is C11H12ClN3O2. The average Bonchev–Trinajstić information content (AvgIpc) is 2.70. The van der Waals surface area contributed by atoms with Gasteiger partial charge in [0, 0.05) is 12.1 Å². The molecule has 0 radical (unpaired) electrons. The minimum atomic E-state index is -0.227. The van der Waals surface area contributed by atoms with E-state index >= 15 is 0 Å². The van der Waals surface area contributed by atoms with Crippen molar-refractivity contribution in [3.63, 3.8) is 0 Å². The molecule has 2 aromatic rings. The number of rotatable bonds is 3. The maximum absolute atomic E-state index is 11.4. The number of halogens is 1. The van der Waals surface area contributed by atoms with E-state index in [1.807, 2.05) is 0 Å². The molecule has 5 nitrogen and oxygen atoms in total. The Kier molecular flexibility index (Phi) is 3.21. The molecule has 0 spiro atoms. The molecule has 17 heavy (non-hydrogen) atoms. The van der Waals surface area contributed by atoms with E-state index in [1.165, 1.54) is 0 Å². The van der Waals surface area contributed by atoms with Crippen LogP contribution in [0.25, 0.3) is 11.3 Å². The third-order valence-electron chi connectivity index (χ3n) is 2.53. The van der Waals surface area contributed by atoms with Gasteiger partial charge in [-0.15, -0.1) is 0 Å². The van der Waals surface area contributed by atoms with E-state index in [0.717, 1.165) is 0 Å². The zero-order valence-electron chi connectivity index (χ0n) is 9.21. The summed E-state index contributed by atoms with van der Waals surface area (Å²) in [5, 5.41) is 5.76. The zero-order valence-corrected chi connectivity index (χ0v) is 9.97. The lowest BCUT2D eigenvalue weighted by atomic mass is 10.1. The first-order valence-electron chi connectivity index (χ1n) is 5.01. The Balaban J connectivity index is 2.56. The van der Waals surface area contributed by atoms with Gasteiger partial charge in [-0.2, -0.15) is 0 Å². The van der Waals surface area contributed by atoms with Gasteiger partial charge in [0.2, 0.25) is 0 Å². The second-order valence-electron chi connectivity index (χ2n) is 3.48. The molecule has 0 amide bonds. The Morgan fingerprint density at radius 1 is 1.41 bits per heavy atom. The molecule has 0 aliphatic rings. The summed E-state index contributed by atoms with van der Waals surface area (Å²) < 4.78 is 5.06. The van der Waals surface area contributed by atoms with Gasteiger partial charge < -0.3 is 10.5 Å². The third kappa shape index (κ3) is 2.07. The number of hydrogen-bond acceptors (Lipinski definition) is 3. The van der Waals surface area contributed by atoms with Gasteiger partial charge in [-0.3, -0.25) is 15.0 Å². The van der Waals surface area contributed by atoms with Crippen molar-refractivity contribution in [3.8, 4) is 17.0 Å². The topological polar surface area (TPSA) is 83.9 Å². The van der Waals surface area contributed by atoms with Crippen molar-refractivity contribution in [2.75, 3.05) is 7.11 Å². The summed E-state index contributed by atoms with van der Waals surface area (Å²) in [6, 6.07) is 5.23. The van der Waals surface area contributed by atoms with Crippen LogP contribution >= 0.6 is 11.6 Å². The first-order chi connectivity index (χ1) is 8.17. The van der Waals surface area contributed by atoms with E-state index in [9.17, 15) is 4.79 Å². The minimum Gasteiger partial charge on any atom is -0.497 e. The van der Waals surface area contributed by atoms with Gasteiger partial charge in [-0.05, 0) is 18.2 Å². The van der Waals surface area contributed by atoms with Gasteiger partial charge in [-0.25, -0.2) is 0 Å². The van der Waals surface area contributed by atoms with Crippen LogP contribution in [-0.4, -0.2) is 17.3 Å². The van der Waals surface area contributed by atoms with Crippen LogP contribution in [0.5, 0.6) is 5.75 Å². The summed E-state index contributed by atoms with van der Waals surface area (Å²) in [5.41, 5.74) is 7.12. The summed E-state index contributed by atoms with van der Waals surface area (Å²) in [5.74, 6) is 0.658. The fraction of sp³-hybridized carbons (Fsp3) is 0.182. The highest BCUT2D eigenvalue weighted by Gasteiger charge is 2.13. The lowest BCUT2D eigenvalue weighted by Gasteiger charge is -2.06. The molecule has 1 aromatic heterocycles. The van der Waals surface area contributed by atoms with Crippen LogP contribution in [0, 0.1) is 0 Å². The van der Waals surface area contributed by atoms with Crippen LogP contribution in [0.2, 0.25) is 5.02 Å². The van der Waals surface area contributed by atoms with Crippen molar-refractivity contribution in [2.24, 2.45) is 5.73 Å². The average molecular weight is 254 g/mol. The normalized spacial score (nSPS) is 10.5. The number of aromatic nitrogens is 2. The van der Waals surface area contributed by atoms with E-state index in [0.29, 0.717) is 27.6 Å². The maximum Gasteiger partial charge on any atom is 0.269 e. The molecule has 0 saturated carbocycles. The number of H-pyrrole nitrogens is 2. The first-order valence-corrected chi connectivity index (χ1v) is 5.38. The smallest absolute Gasteiger partial charge is 0.269 e. The quantitative estimate of drug-likeness (QED) is 0.775. The van der Waals surface area contributed by atoms with Gasteiger partial charge in [0.05, 0.1) is 23.4 Å². The second kappa shape index (κ2) is 4.65. The number of hydrogen-bond donors (Lipinski definition) is 3. The monoisotopic (exact) mass is 253 g/mol. The molecule has 6 heteroatoms. The molecule has 4 N–H and O–H groups in total. The number of nitrogens with two attached hydrogens (primary N) is 1. The Morgan fingerprint density at radius 2 is 2.18 bits per heavy atom. The minimum absolute atomic E-state index is 0.149. The summed E-state index contributed by atoms with van der Waals surface area (Å²) in [7, 11) is 1.56.